The van der Waals surface area contributed by atoms with Crippen LogP contribution in [0.5, 0.6) is 5.75 Å². The monoisotopic (exact) mass is 262 g/mol. The molecule has 0 aliphatic carbocycles. The summed E-state index contributed by atoms with van der Waals surface area (Å²) in [7, 11) is 1.69. The Kier molecular flexibility index (Phi) is 4.43. The van der Waals surface area contributed by atoms with Crippen molar-refractivity contribution in [3.63, 3.8) is 0 Å². The quantitative estimate of drug-likeness (QED) is 0.875. The zero-order chi connectivity index (χ0) is 13.8. The van der Waals surface area contributed by atoms with Crippen molar-refractivity contribution in [3.8, 4) is 5.75 Å². The number of rotatable bonds is 3. The molecule has 0 saturated carbocycles. The third kappa shape index (κ3) is 3.26. The van der Waals surface area contributed by atoms with E-state index in [0.717, 1.165) is 17.9 Å². The zero-order valence-corrected chi connectivity index (χ0v) is 11.8. The summed E-state index contributed by atoms with van der Waals surface area (Å²) in [6, 6.07) is 6.28. The van der Waals surface area contributed by atoms with Crippen molar-refractivity contribution in [2.45, 2.75) is 32.2 Å². The van der Waals surface area contributed by atoms with Crippen LogP contribution < -0.4 is 15.4 Å². The van der Waals surface area contributed by atoms with Crippen LogP contribution >= 0.6 is 0 Å². The van der Waals surface area contributed by atoms with Crippen LogP contribution in [0.4, 0.5) is 0 Å². The maximum absolute atomic E-state index is 11.6. The molecule has 1 heterocycles. The second-order valence-electron chi connectivity index (χ2n) is 5.22. The van der Waals surface area contributed by atoms with Crippen molar-refractivity contribution in [3.05, 3.63) is 29.3 Å². The maximum Gasteiger partial charge on any atom is 0.221 e. The van der Waals surface area contributed by atoms with Gasteiger partial charge in [0, 0.05) is 25.6 Å². The van der Waals surface area contributed by atoms with E-state index in [-0.39, 0.29) is 11.9 Å². The van der Waals surface area contributed by atoms with Gasteiger partial charge in [-0.1, -0.05) is 26.0 Å². The van der Waals surface area contributed by atoms with Gasteiger partial charge in [0.2, 0.25) is 5.91 Å². The molecule has 104 valence electrons. The average molecular weight is 262 g/mol. The standard InChI is InChI=1S/C15H22N2O2/c1-10(2)12-8-11(4-5-14(12)19-3)13-9-15(18)17-7-6-16-13/h4-5,8,10,13,16H,6-7,9H2,1-3H3,(H,17,18). The minimum Gasteiger partial charge on any atom is -0.496 e. The van der Waals surface area contributed by atoms with E-state index in [1.807, 2.05) is 12.1 Å². The molecule has 0 spiro atoms. The number of ether oxygens (including phenoxy) is 1. The zero-order valence-electron chi connectivity index (χ0n) is 11.8. The minimum atomic E-state index is 0.0888. The van der Waals surface area contributed by atoms with Crippen LogP contribution in [-0.4, -0.2) is 26.1 Å². The van der Waals surface area contributed by atoms with E-state index in [2.05, 4.69) is 30.5 Å². The number of benzene rings is 1. The molecule has 2 N–H and O–H groups in total. The third-order valence-electron chi connectivity index (χ3n) is 3.51. The molecule has 1 fully saturated rings. The van der Waals surface area contributed by atoms with Crippen LogP contribution in [0, 0.1) is 0 Å². The number of nitrogens with one attached hydrogen (secondary N) is 2. The van der Waals surface area contributed by atoms with Crippen LogP contribution in [0.25, 0.3) is 0 Å². The van der Waals surface area contributed by atoms with E-state index >= 15 is 0 Å². The highest BCUT2D eigenvalue weighted by Crippen LogP contribution is 2.30. The second kappa shape index (κ2) is 6.06. The van der Waals surface area contributed by atoms with E-state index in [1.54, 1.807) is 7.11 Å². The highest BCUT2D eigenvalue weighted by atomic mass is 16.5. The molecule has 1 aliphatic heterocycles. The molecule has 0 radical (unpaired) electrons. The lowest BCUT2D eigenvalue weighted by molar-refractivity contribution is -0.121. The van der Waals surface area contributed by atoms with Crippen molar-refractivity contribution in [1.29, 1.82) is 0 Å². The Morgan fingerprint density at radius 3 is 2.79 bits per heavy atom. The smallest absolute Gasteiger partial charge is 0.221 e. The van der Waals surface area contributed by atoms with Gasteiger partial charge in [-0.25, -0.2) is 0 Å². The van der Waals surface area contributed by atoms with Crippen LogP contribution in [0.1, 0.15) is 43.4 Å². The SMILES string of the molecule is COc1ccc(C2CC(=O)NCCN2)cc1C(C)C. The van der Waals surface area contributed by atoms with Crippen LogP contribution in [-0.2, 0) is 4.79 Å². The molecular weight excluding hydrogens is 240 g/mol. The Morgan fingerprint density at radius 2 is 2.11 bits per heavy atom. The lowest BCUT2D eigenvalue weighted by Gasteiger charge is -2.19. The molecule has 1 aromatic carbocycles. The lowest BCUT2D eigenvalue weighted by Crippen LogP contribution is -2.24. The van der Waals surface area contributed by atoms with Gasteiger partial charge in [0.15, 0.2) is 0 Å². The predicted molar refractivity (Wildman–Crippen MR) is 75.5 cm³/mol. The largest absolute Gasteiger partial charge is 0.496 e. The first-order valence-corrected chi connectivity index (χ1v) is 6.79. The number of hydrogen-bond donors (Lipinski definition) is 2. The van der Waals surface area contributed by atoms with Crippen LogP contribution in [0.3, 0.4) is 0 Å². The Morgan fingerprint density at radius 1 is 1.32 bits per heavy atom. The van der Waals surface area contributed by atoms with Gasteiger partial charge in [-0.15, -0.1) is 0 Å². The summed E-state index contributed by atoms with van der Waals surface area (Å²) < 4.78 is 5.40. The molecule has 19 heavy (non-hydrogen) atoms. The average Bonchev–Trinajstić information content (AvgIpc) is 2.62. The Balaban J connectivity index is 2.28. The first-order valence-electron chi connectivity index (χ1n) is 6.79. The summed E-state index contributed by atoms with van der Waals surface area (Å²) in [5, 5.41) is 6.29. The highest BCUT2D eigenvalue weighted by Gasteiger charge is 2.20. The summed E-state index contributed by atoms with van der Waals surface area (Å²) in [5.41, 5.74) is 2.34. The summed E-state index contributed by atoms with van der Waals surface area (Å²) in [5.74, 6) is 1.42. The van der Waals surface area contributed by atoms with E-state index in [1.165, 1.54) is 5.56 Å². The van der Waals surface area contributed by atoms with Crippen LogP contribution in [0.15, 0.2) is 18.2 Å². The van der Waals surface area contributed by atoms with Crippen molar-refractivity contribution < 1.29 is 9.53 Å². The van der Waals surface area contributed by atoms with E-state index < -0.39 is 0 Å². The molecule has 0 bridgehead atoms. The number of hydrogen-bond acceptors (Lipinski definition) is 3. The third-order valence-corrected chi connectivity index (χ3v) is 3.51. The molecule has 1 unspecified atom stereocenters. The summed E-state index contributed by atoms with van der Waals surface area (Å²) in [6.07, 6.45) is 0.490. The minimum absolute atomic E-state index is 0.0888. The first kappa shape index (κ1) is 13.9. The number of amides is 1. The van der Waals surface area contributed by atoms with Gasteiger partial charge < -0.3 is 15.4 Å². The van der Waals surface area contributed by atoms with E-state index in [0.29, 0.717) is 18.9 Å². The van der Waals surface area contributed by atoms with Crippen molar-refractivity contribution in [2.75, 3.05) is 20.2 Å². The molecule has 1 amide bonds. The number of carbonyl (C=O) groups is 1. The molecule has 4 heteroatoms. The Labute approximate surface area is 114 Å². The van der Waals surface area contributed by atoms with Gasteiger partial charge in [-0.2, -0.15) is 0 Å². The number of methoxy groups -OCH3 is 1. The fourth-order valence-electron chi connectivity index (χ4n) is 2.43. The van der Waals surface area contributed by atoms with Gasteiger partial charge in [-0.3, -0.25) is 4.79 Å². The summed E-state index contributed by atoms with van der Waals surface area (Å²) >= 11 is 0. The number of carbonyl (C=O) groups excluding carboxylic acids is 1. The molecule has 1 saturated heterocycles. The summed E-state index contributed by atoms with van der Waals surface area (Å²) in [4.78, 5) is 11.6. The fourth-order valence-corrected chi connectivity index (χ4v) is 2.43. The first-order chi connectivity index (χ1) is 9.11. The Bertz CT molecular complexity index is 457. The Hall–Kier alpha value is -1.55. The van der Waals surface area contributed by atoms with Crippen molar-refractivity contribution >= 4 is 5.91 Å². The lowest BCUT2D eigenvalue weighted by atomic mass is 9.95. The van der Waals surface area contributed by atoms with Crippen molar-refractivity contribution in [2.24, 2.45) is 0 Å². The van der Waals surface area contributed by atoms with Gasteiger partial charge in [0.25, 0.3) is 0 Å². The predicted octanol–water partition coefficient (Wildman–Crippen LogP) is 1.97. The van der Waals surface area contributed by atoms with Gasteiger partial charge >= 0.3 is 0 Å². The topological polar surface area (TPSA) is 50.4 Å². The van der Waals surface area contributed by atoms with Gasteiger partial charge in [0.05, 0.1) is 7.11 Å². The highest BCUT2D eigenvalue weighted by molar-refractivity contribution is 5.77. The van der Waals surface area contributed by atoms with Gasteiger partial charge in [-0.05, 0) is 23.1 Å². The van der Waals surface area contributed by atoms with Crippen molar-refractivity contribution in [1.82, 2.24) is 10.6 Å². The molecule has 1 atom stereocenters. The molecule has 1 aliphatic rings. The van der Waals surface area contributed by atoms with E-state index in [4.69, 9.17) is 4.74 Å². The molecule has 4 nitrogen and oxygen atoms in total. The molecule has 2 rings (SSSR count). The second-order valence-corrected chi connectivity index (χ2v) is 5.22. The maximum atomic E-state index is 11.6. The van der Waals surface area contributed by atoms with Crippen LogP contribution in [0.2, 0.25) is 0 Å². The molecular formula is C15H22N2O2. The normalized spacial score (nSPS) is 20.0. The fraction of sp³-hybridized carbons (Fsp3) is 0.533. The summed E-state index contributed by atoms with van der Waals surface area (Å²) in [6.45, 7) is 5.80. The van der Waals surface area contributed by atoms with Gasteiger partial charge in [0.1, 0.15) is 5.75 Å². The molecule has 1 aromatic rings. The molecule has 0 aromatic heterocycles. The van der Waals surface area contributed by atoms with E-state index in [9.17, 15) is 4.79 Å².